The Morgan fingerprint density at radius 2 is 1.86 bits per heavy atom. The number of oxime groups is 1. The summed E-state index contributed by atoms with van der Waals surface area (Å²) in [5, 5.41) is 3.99. The van der Waals surface area contributed by atoms with E-state index in [-0.39, 0.29) is 6.79 Å². The molecule has 1 aromatic heterocycles. The molecule has 0 spiro atoms. The highest BCUT2D eigenvalue weighted by molar-refractivity contribution is 5.99. The van der Waals surface area contributed by atoms with Crippen molar-refractivity contribution in [3.05, 3.63) is 59.3 Å². The Labute approximate surface area is 166 Å². The minimum Gasteiger partial charge on any atom is -0.490 e. The molecule has 0 aliphatic rings. The van der Waals surface area contributed by atoms with Crippen LogP contribution in [0.1, 0.15) is 37.0 Å². The number of benzene rings is 1. The molecular weight excluding hydrogens is 356 g/mol. The van der Waals surface area contributed by atoms with Crippen molar-refractivity contribution in [3.8, 4) is 17.4 Å². The molecule has 0 fully saturated rings. The van der Waals surface area contributed by atoms with Crippen LogP contribution in [0, 0.1) is 13.8 Å². The van der Waals surface area contributed by atoms with Crippen molar-refractivity contribution in [1.29, 1.82) is 0 Å². The first-order chi connectivity index (χ1) is 13.6. The first-order valence-corrected chi connectivity index (χ1v) is 9.26. The van der Waals surface area contributed by atoms with Crippen LogP contribution in [-0.4, -0.2) is 31.2 Å². The second-order valence-electron chi connectivity index (χ2n) is 6.13. The van der Waals surface area contributed by atoms with Crippen molar-refractivity contribution in [2.45, 2.75) is 34.1 Å². The number of allylic oxidation sites excluding steroid dienone is 1. The van der Waals surface area contributed by atoms with Gasteiger partial charge in [0.2, 0.25) is 12.7 Å². The lowest BCUT2D eigenvalue weighted by Crippen LogP contribution is -2.09. The highest BCUT2D eigenvalue weighted by Gasteiger charge is 2.08. The highest BCUT2D eigenvalue weighted by atomic mass is 16.7. The zero-order chi connectivity index (χ0) is 20.4. The van der Waals surface area contributed by atoms with E-state index in [0.717, 1.165) is 40.3 Å². The molecule has 6 heteroatoms. The Hall–Kier alpha value is -3.02. The number of nitrogens with zero attached hydrogens (tertiary/aromatic N) is 2. The molecule has 0 saturated heterocycles. The molecule has 1 heterocycles. The van der Waals surface area contributed by atoms with Crippen molar-refractivity contribution >= 4 is 5.71 Å². The fraction of sp³-hybridized carbons (Fsp3) is 0.364. The molecule has 0 aliphatic heterocycles. The summed E-state index contributed by atoms with van der Waals surface area (Å²) in [6.45, 7) is 8.57. The number of hydrogen-bond acceptors (Lipinski definition) is 6. The minimum absolute atomic E-state index is 0.0690. The van der Waals surface area contributed by atoms with Crippen LogP contribution in [0.5, 0.6) is 17.4 Å². The van der Waals surface area contributed by atoms with E-state index in [1.54, 1.807) is 12.3 Å². The first kappa shape index (κ1) is 21.3. The molecule has 28 heavy (non-hydrogen) atoms. The lowest BCUT2D eigenvalue weighted by molar-refractivity contribution is 0.113. The van der Waals surface area contributed by atoms with Crippen molar-refractivity contribution in [1.82, 2.24) is 4.98 Å². The molecule has 150 valence electrons. The third kappa shape index (κ3) is 6.01. The average molecular weight is 384 g/mol. The van der Waals surface area contributed by atoms with Gasteiger partial charge in [-0.1, -0.05) is 24.2 Å². The summed E-state index contributed by atoms with van der Waals surface area (Å²) in [5.41, 5.74) is 3.72. The van der Waals surface area contributed by atoms with Crippen molar-refractivity contribution in [3.63, 3.8) is 0 Å². The summed E-state index contributed by atoms with van der Waals surface area (Å²) in [7, 11) is 1.53. The largest absolute Gasteiger partial charge is 0.490 e. The maximum Gasteiger partial charge on any atom is 0.232 e. The lowest BCUT2D eigenvalue weighted by Gasteiger charge is -2.14. The quantitative estimate of drug-likeness (QED) is 0.254. The van der Waals surface area contributed by atoms with Crippen LogP contribution in [0.4, 0.5) is 0 Å². The molecule has 0 radical (unpaired) electrons. The Morgan fingerprint density at radius 1 is 1.11 bits per heavy atom. The van der Waals surface area contributed by atoms with Crippen LogP contribution in [0.2, 0.25) is 0 Å². The summed E-state index contributed by atoms with van der Waals surface area (Å²) < 4.78 is 17.1. The molecule has 0 atom stereocenters. The number of hydrogen-bond donors (Lipinski definition) is 0. The van der Waals surface area contributed by atoms with Gasteiger partial charge in [-0.2, -0.15) is 0 Å². The predicted molar refractivity (Wildman–Crippen MR) is 110 cm³/mol. The van der Waals surface area contributed by atoms with Crippen LogP contribution in [0.25, 0.3) is 0 Å². The van der Waals surface area contributed by atoms with Gasteiger partial charge in [0.05, 0.1) is 5.71 Å². The van der Waals surface area contributed by atoms with Crippen LogP contribution < -0.4 is 14.2 Å². The molecule has 0 saturated carbocycles. The normalized spacial score (nSPS) is 11.5. The highest BCUT2D eigenvalue weighted by Crippen LogP contribution is 2.28. The van der Waals surface area contributed by atoms with Crippen molar-refractivity contribution in [2.75, 3.05) is 20.5 Å². The molecule has 6 nitrogen and oxygen atoms in total. The van der Waals surface area contributed by atoms with Gasteiger partial charge in [-0.3, -0.25) is 0 Å². The Bertz CT molecular complexity index is 791. The molecule has 1 aromatic carbocycles. The summed E-state index contributed by atoms with van der Waals surface area (Å²) >= 11 is 0. The number of aryl methyl sites for hydroxylation is 2. The van der Waals surface area contributed by atoms with E-state index in [2.05, 4.69) is 10.1 Å². The minimum atomic E-state index is 0.0690. The van der Waals surface area contributed by atoms with Crippen LogP contribution in [0.3, 0.4) is 0 Å². The van der Waals surface area contributed by atoms with Gasteiger partial charge in [0.25, 0.3) is 0 Å². The molecule has 2 rings (SSSR count). The van der Waals surface area contributed by atoms with E-state index in [0.29, 0.717) is 12.5 Å². The first-order valence-electron chi connectivity index (χ1n) is 9.26. The smallest absolute Gasteiger partial charge is 0.232 e. The van der Waals surface area contributed by atoms with Gasteiger partial charge in [0, 0.05) is 17.8 Å². The van der Waals surface area contributed by atoms with Gasteiger partial charge in [-0.25, -0.2) is 4.98 Å². The molecular formula is C22H28N2O4. The lowest BCUT2D eigenvalue weighted by atomic mass is 10.1. The zero-order valence-corrected chi connectivity index (χ0v) is 17.2. The predicted octanol–water partition coefficient (Wildman–Crippen LogP) is 4.83. The van der Waals surface area contributed by atoms with Gasteiger partial charge in [0.15, 0.2) is 0 Å². The second-order valence-corrected chi connectivity index (χ2v) is 6.13. The molecule has 0 bridgehead atoms. The van der Waals surface area contributed by atoms with Gasteiger partial charge in [0.1, 0.15) is 25.2 Å². The maximum atomic E-state index is 5.81. The second kappa shape index (κ2) is 11.0. The SMILES string of the molecule is C/C=C/COc1cc(C)c(OCOc2ccc(/C(CC)=N/OC)cn2)c(C)c1. The Morgan fingerprint density at radius 3 is 2.43 bits per heavy atom. The molecule has 0 aliphatic carbocycles. The number of ether oxygens (including phenoxy) is 3. The van der Waals surface area contributed by atoms with Gasteiger partial charge < -0.3 is 19.0 Å². The van der Waals surface area contributed by atoms with E-state index in [1.807, 2.05) is 58.0 Å². The zero-order valence-electron chi connectivity index (χ0n) is 17.2. The standard InChI is InChI=1S/C22H28N2O4/c1-6-8-11-26-19-12-16(3)22(17(4)13-19)28-15-27-21-10-9-18(14-23-21)20(7-2)24-25-5/h6,8-10,12-14H,7,11,15H2,1-5H3/b8-6+,24-20+. The topological polar surface area (TPSA) is 62.2 Å². The fourth-order valence-electron chi connectivity index (χ4n) is 2.68. The number of aromatic nitrogens is 1. The van der Waals surface area contributed by atoms with E-state index < -0.39 is 0 Å². The molecule has 0 N–H and O–H groups in total. The van der Waals surface area contributed by atoms with Crippen molar-refractivity contribution < 1.29 is 19.0 Å². The summed E-state index contributed by atoms with van der Waals surface area (Å²) in [6, 6.07) is 7.61. The van der Waals surface area contributed by atoms with Gasteiger partial charge >= 0.3 is 0 Å². The van der Waals surface area contributed by atoms with Crippen LogP contribution >= 0.6 is 0 Å². The number of pyridine rings is 1. The fourth-order valence-corrected chi connectivity index (χ4v) is 2.68. The van der Waals surface area contributed by atoms with Gasteiger partial charge in [-0.05, 0) is 56.5 Å². The van der Waals surface area contributed by atoms with E-state index >= 15 is 0 Å². The third-order valence-corrected chi connectivity index (χ3v) is 4.03. The van der Waals surface area contributed by atoms with Crippen LogP contribution in [-0.2, 0) is 4.84 Å². The maximum absolute atomic E-state index is 5.81. The van der Waals surface area contributed by atoms with E-state index in [4.69, 9.17) is 19.0 Å². The van der Waals surface area contributed by atoms with Crippen molar-refractivity contribution in [2.24, 2.45) is 5.16 Å². The van der Waals surface area contributed by atoms with Crippen LogP contribution in [0.15, 0.2) is 47.8 Å². The Kier molecular flexibility index (Phi) is 8.34. The molecule has 0 unspecified atom stereocenters. The van der Waals surface area contributed by atoms with E-state index in [9.17, 15) is 0 Å². The summed E-state index contributed by atoms with van der Waals surface area (Å²) in [6.07, 6.45) is 6.39. The monoisotopic (exact) mass is 384 g/mol. The molecule has 0 amide bonds. The Balaban J connectivity index is 1.95. The molecule has 2 aromatic rings. The number of rotatable bonds is 10. The summed E-state index contributed by atoms with van der Waals surface area (Å²) in [5.74, 6) is 2.09. The average Bonchev–Trinajstić information content (AvgIpc) is 2.69. The van der Waals surface area contributed by atoms with Gasteiger partial charge in [-0.15, -0.1) is 0 Å². The van der Waals surface area contributed by atoms with E-state index in [1.165, 1.54) is 7.11 Å². The third-order valence-electron chi connectivity index (χ3n) is 4.03. The summed E-state index contributed by atoms with van der Waals surface area (Å²) in [4.78, 5) is 9.14.